The summed E-state index contributed by atoms with van der Waals surface area (Å²) in [5, 5.41) is 7.36. The first-order chi connectivity index (χ1) is 16.3. The van der Waals surface area contributed by atoms with Crippen LogP contribution in [0.3, 0.4) is 0 Å². The van der Waals surface area contributed by atoms with Crippen molar-refractivity contribution < 1.29 is 40.3 Å². The number of hydrogen-bond donors (Lipinski definition) is 2. The Balaban J connectivity index is 1.75. The zero-order chi connectivity index (χ0) is 26.0. The molecule has 188 valence electrons. The van der Waals surface area contributed by atoms with Gasteiger partial charge in [-0.1, -0.05) is 11.6 Å². The van der Waals surface area contributed by atoms with Gasteiger partial charge in [0.05, 0.1) is 16.8 Å². The van der Waals surface area contributed by atoms with Crippen LogP contribution in [0.2, 0.25) is 5.02 Å². The highest BCUT2D eigenvalue weighted by Gasteiger charge is 2.59. The van der Waals surface area contributed by atoms with E-state index < -0.39 is 52.8 Å². The Hall–Kier alpha value is -3.69. The predicted octanol–water partition coefficient (Wildman–Crippen LogP) is 4.60. The molecule has 2 atom stereocenters. The van der Waals surface area contributed by atoms with Crippen molar-refractivity contribution in [1.82, 2.24) is 30.0 Å². The van der Waals surface area contributed by atoms with Crippen LogP contribution in [0.25, 0.3) is 5.95 Å². The maximum atomic E-state index is 14.2. The topological polar surface area (TPSA) is 107 Å². The first kappa shape index (κ1) is 25.9. The molecule has 0 spiro atoms. The number of anilines is 1. The lowest BCUT2D eigenvalue weighted by molar-refractivity contribution is -0.304. The normalized spacial score (nSPS) is 13.7. The Morgan fingerprint density at radius 3 is 2.43 bits per heavy atom. The molecule has 2 amide bonds. The number of alkyl halides is 6. The maximum Gasteiger partial charge on any atom is 0.439 e. The fourth-order valence-electron chi connectivity index (χ4n) is 2.61. The molecular formula is C18H13ClF7N7O2. The lowest BCUT2D eigenvalue weighted by atomic mass is 10.2. The molecule has 2 heterocycles. The summed E-state index contributed by atoms with van der Waals surface area (Å²) in [7, 11) is 0. The van der Waals surface area contributed by atoms with Crippen LogP contribution >= 0.6 is 11.6 Å². The fourth-order valence-corrected chi connectivity index (χ4v) is 2.80. The lowest BCUT2D eigenvalue weighted by Crippen LogP contribution is -2.45. The first-order valence-corrected chi connectivity index (χ1v) is 9.69. The fraction of sp³-hybridized carbons (Fsp3) is 0.278. The number of halogens is 8. The number of amides is 2. The average Bonchev–Trinajstić information content (AvgIpc) is 3.26. The van der Waals surface area contributed by atoms with E-state index in [4.69, 9.17) is 11.6 Å². The van der Waals surface area contributed by atoms with Crippen molar-refractivity contribution in [3.8, 4) is 11.7 Å². The second-order valence-corrected chi connectivity index (χ2v) is 7.14. The van der Waals surface area contributed by atoms with Crippen LogP contribution in [0.4, 0.5) is 41.2 Å². The number of rotatable bonds is 7. The molecule has 0 saturated carbocycles. The summed E-state index contributed by atoms with van der Waals surface area (Å²) in [4.78, 5) is 24.3. The highest BCUT2D eigenvalue weighted by molar-refractivity contribution is 6.32. The molecule has 3 aromatic rings. The van der Waals surface area contributed by atoms with Gasteiger partial charge in [0.25, 0.3) is 12.1 Å². The molecule has 0 aliphatic rings. The summed E-state index contributed by atoms with van der Waals surface area (Å²) in [6, 6.07) is 0.352. The molecule has 1 aromatic carbocycles. The second-order valence-electron chi connectivity index (χ2n) is 6.73. The zero-order valence-electron chi connectivity index (χ0n) is 17.2. The molecule has 2 N–H and O–H groups in total. The van der Waals surface area contributed by atoms with Gasteiger partial charge in [-0.3, -0.25) is 0 Å². The van der Waals surface area contributed by atoms with Gasteiger partial charge >= 0.3 is 18.3 Å². The van der Waals surface area contributed by atoms with E-state index in [0.29, 0.717) is 12.1 Å². The Morgan fingerprint density at radius 2 is 1.80 bits per heavy atom. The van der Waals surface area contributed by atoms with Crippen molar-refractivity contribution >= 4 is 23.3 Å². The number of ether oxygens (including phenoxy) is 1. The van der Waals surface area contributed by atoms with Gasteiger partial charge in [0.1, 0.15) is 17.9 Å². The van der Waals surface area contributed by atoms with Crippen LogP contribution in [0.5, 0.6) is 5.75 Å². The minimum absolute atomic E-state index is 0.130. The van der Waals surface area contributed by atoms with Crippen LogP contribution in [-0.4, -0.2) is 49.2 Å². The summed E-state index contributed by atoms with van der Waals surface area (Å²) in [6.07, 6.45) is -12.0. The van der Waals surface area contributed by atoms with Gasteiger partial charge in [-0.15, -0.1) is 0 Å². The molecule has 0 fully saturated rings. The zero-order valence-corrected chi connectivity index (χ0v) is 18.0. The van der Waals surface area contributed by atoms with Crippen molar-refractivity contribution in [2.75, 3.05) is 5.32 Å². The van der Waals surface area contributed by atoms with Gasteiger partial charge in [0, 0.05) is 18.5 Å². The summed E-state index contributed by atoms with van der Waals surface area (Å²) in [5.74, 6) is -2.17. The molecule has 35 heavy (non-hydrogen) atoms. The summed E-state index contributed by atoms with van der Waals surface area (Å²) in [6.45, 7) is 1.47. The Bertz CT molecular complexity index is 1190. The third-order valence-electron chi connectivity index (χ3n) is 4.15. The van der Waals surface area contributed by atoms with Crippen molar-refractivity contribution in [3.63, 3.8) is 0 Å². The van der Waals surface area contributed by atoms with Crippen molar-refractivity contribution in [1.29, 1.82) is 0 Å². The van der Waals surface area contributed by atoms with Gasteiger partial charge in [-0.25, -0.2) is 28.5 Å². The third-order valence-corrected chi connectivity index (χ3v) is 4.44. The number of aromatic nitrogens is 5. The van der Waals surface area contributed by atoms with Crippen LogP contribution in [0.15, 0.2) is 36.9 Å². The standard InChI is InChI=1S/C18H13ClF7N7O2/c1-8(13-29-7-30-33(13)15-27-3-2-4-28-15)31-16(34)32-11-6-12(9(19)5-10(11)20)35-18(25,26)14(21)17(22,23)24/h2-8,14H,1H3,(H2,31,32,34)/t8-,14?/m0/s1. The van der Waals surface area contributed by atoms with E-state index in [1.807, 2.05) is 5.32 Å². The quantitative estimate of drug-likeness (QED) is 0.435. The summed E-state index contributed by atoms with van der Waals surface area (Å²) < 4.78 is 96.4. The first-order valence-electron chi connectivity index (χ1n) is 9.31. The van der Waals surface area contributed by atoms with Crippen molar-refractivity contribution in [2.45, 2.75) is 31.4 Å². The SMILES string of the molecule is C[C@H](NC(=O)Nc1cc(OC(F)(F)C(F)C(F)(F)F)c(Cl)cc1F)c1ncnn1-c1ncccn1. The second kappa shape index (κ2) is 9.89. The highest BCUT2D eigenvalue weighted by Crippen LogP contribution is 2.40. The predicted molar refractivity (Wildman–Crippen MR) is 105 cm³/mol. The minimum atomic E-state index is -5.95. The highest BCUT2D eigenvalue weighted by atomic mass is 35.5. The van der Waals surface area contributed by atoms with Crippen molar-refractivity contribution in [3.05, 3.63) is 53.6 Å². The van der Waals surface area contributed by atoms with Gasteiger partial charge in [0.2, 0.25) is 0 Å². The molecule has 9 nitrogen and oxygen atoms in total. The Labute approximate surface area is 196 Å². The molecule has 0 aliphatic heterocycles. The number of carbonyl (C=O) groups excluding carboxylic acids is 1. The number of hydrogen-bond acceptors (Lipinski definition) is 6. The van der Waals surface area contributed by atoms with Gasteiger partial charge < -0.3 is 15.4 Å². The van der Waals surface area contributed by atoms with Gasteiger partial charge in [0.15, 0.2) is 5.82 Å². The minimum Gasteiger partial charge on any atom is -0.428 e. The van der Waals surface area contributed by atoms with Crippen LogP contribution in [0, 0.1) is 5.82 Å². The molecule has 2 aromatic heterocycles. The maximum absolute atomic E-state index is 14.2. The molecule has 0 radical (unpaired) electrons. The van der Waals surface area contributed by atoms with Crippen LogP contribution < -0.4 is 15.4 Å². The third kappa shape index (κ3) is 6.06. The molecule has 17 heteroatoms. The molecular weight excluding hydrogens is 515 g/mol. The molecule has 1 unspecified atom stereocenters. The van der Waals surface area contributed by atoms with Gasteiger partial charge in [-0.05, 0) is 19.1 Å². The van der Waals surface area contributed by atoms with E-state index in [-0.39, 0.29) is 11.8 Å². The largest absolute Gasteiger partial charge is 0.439 e. The molecule has 0 aliphatic carbocycles. The smallest absolute Gasteiger partial charge is 0.428 e. The Morgan fingerprint density at radius 1 is 1.14 bits per heavy atom. The van der Waals surface area contributed by atoms with E-state index in [2.05, 4.69) is 30.1 Å². The van der Waals surface area contributed by atoms with E-state index in [9.17, 15) is 35.5 Å². The van der Waals surface area contributed by atoms with E-state index >= 15 is 0 Å². The van der Waals surface area contributed by atoms with E-state index in [1.165, 1.54) is 24.0 Å². The van der Waals surface area contributed by atoms with Crippen LogP contribution in [-0.2, 0) is 0 Å². The average molecular weight is 528 g/mol. The van der Waals surface area contributed by atoms with E-state index in [1.54, 1.807) is 6.07 Å². The Kier molecular flexibility index (Phi) is 7.33. The number of benzene rings is 1. The van der Waals surface area contributed by atoms with Crippen molar-refractivity contribution in [2.24, 2.45) is 0 Å². The number of urea groups is 1. The summed E-state index contributed by atoms with van der Waals surface area (Å²) >= 11 is 5.53. The van der Waals surface area contributed by atoms with E-state index in [0.717, 1.165) is 6.33 Å². The number of nitrogens with zero attached hydrogens (tertiary/aromatic N) is 5. The number of carbonyl (C=O) groups is 1. The summed E-state index contributed by atoms with van der Waals surface area (Å²) in [5.41, 5.74) is -0.805. The van der Waals surface area contributed by atoms with Crippen LogP contribution in [0.1, 0.15) is 18.8 Å². The monoisotopic (exact) mass is 527 g/mol. The number of nitrogens with one attached hydrogen (secondary N) is 2. The van der Waals surface area contributed by atoms with Gasteiger partial charge in [-0.2, -0.15) is 31.7 Å². The lowest BCUT2D eigenvalue weighted by Gasteiger charge is -2.24. The molecule has 0 bridgehead atoms. The molecule has 0 saturated heterocycles. The molecule has 3 rings (SSSR count).